The molecule has 0 saturated heterocycles. The Morgan fingerprint density at radius 1 is 0.957 bits per heavy atom. The Bertz CT molecular complexity index is 2210. The second kappa shape index (κ2) is 13.0. The van der Waals surface area contributed by atoms with E-state index in [0.717, 1.165) is 16.9 Å². The van der Waals surface area contributed by atoms with Gasteiger partial charge in [0.15, 0.2) is 11.5 Å². The highest BCUT2D eigenvalue weighted by atomic mass is 16.5. The molecule has 0 fully saturated rings. The predicted octanol–water partition coefficient (Wildman–Crippen LogP) is 5.44. The topological polar surface area (TPSA) is 130 Å². The molecule has 0 unspecified atom stereocenters. The molecule has 10 nitrogen and oxygen atoms in total. The molecule has 1 amide bonds. The Balaban J connectivity index is 1.37. The van der Waals surface area contributed by atoms with E-state index in [-0.39, 0.29) is 23.2 Å². The monoisotopic (exact) mass is 623 g/mol. The van der Waals surface area contributed by atoms with Gasteiger partial charge in [-0.15, -0.1) is 0 Å². The summed E-state index contributed by atoms with van der Waals surface area (Å²) >= 11 is 0. The van der Waals surface area contributed by atoms with Gasteiger partial charge in [0.05, 0.1) is 41.2 Å². The van der Waals surface area contributed by atoms with Gasteiger partial charge in [0, 0.05) is 35.8 Å². The summed E-state index contributed by atoms with van der Waals surface area (Å²) in [5, 5.41) is 8.33. The van der Waals surface area contributed by atoms with Crippen LogP contribution in [0, 0.1) is 11.8 Å². The summed E-state index contributed by atoms with van der Waals surface area (Å²) in [6.45, 7) is 5.73. The number of nitrogen functional groups attached to an aromatic ring is 1. The number of fused-ring (bicyclic) bond motifs is 1. The molecule has 6 aromatic rings. The lowest BCUT2D eigenvalue weighted by Crippen LogP contribution is -2.33. The van der Waals surface area contributed by atoms with Crippen LogP contribution in [0.1, 0.15) is 54.1 Å². The van der Waals surface area contributed by atoms with E-state index in [2.05, 4.69) is 32.2 Å². The molecule has 1 atom stereocenters. The average molecular weight is 624 g/mol. The molecule has 0 spiro atoms. The molecule has 0 aliphatic heterocycles. The van der Waals surface area contributed by atoms with E-state index >= 15 is 0 Å². The number of pyridine rings is 1. The molecule has 47 heavy (non-hydrogen) atoms. The highest BCUT2D eigenvalue weighted by Crippen LogP contribution is 2.25. The quantitative estimate of drug-likeness (QED) is 0.227. The summed E-state index contributed by atoms with van der Waals surface area (Å²) in [5.74, 6) is 6.46. The largest absolute Gasteiger partial charge is 0.491 e. The number of carbonyl (C=O) groups excluding carboxylic acids is 1. The fraction of sp³-hybridized carbons (Fsp3) is 0.162. The van der Waals surface area contributed by atoms with Gasteiger partial charge >= 0.3 is 0 Å². The third-order valence-corrected chi connectivity index (χ3v) is 7.46. The molecule has 0 saturated carbocycles. The van der Waals surface area contributed by atoms with Gasteiger partial charge in [0.2, 0.25) is 0 Å². The Morgan fingerprint density at radius 2 is 1.72 bits per heavy atom. The fourth-order valence-corrected chi connectivity index (χ4v) is 5.29. The van der Waals surface area contributed by atoms with Crippen LogP contribution in [0.5, 0.6) is 5.75 Å². The molecule has 3 aromatic carbocycles. The van der Waals surface area contributed by atoms with Gasteiger partial charge in [-0.25, -0.2) is 9.97 Å². The van der Waals surface area contributed by atoms with E-state index in [1.807, 2.05) is 113 Å². The van der Waals surface area contributed by atoms with Crippen LogP contribution >= 0.6 is 0 Å². The van der Waals surface area contributed by atoms with Crippen molar-refractivity contribution < 1.29 is 9.53 Å². The summed E-state index contributed by atoms with van der Waals surface area (Å²) in [6, 6.07) is 23.5. The Hall–Kier alpha value is -6.21. The highest BCUT2D eigenvalue weighted by Gasteiger charge is 2.22. The van der Waals surface area contributed by atoms with E-state index in [1.165, 1.54) is 6.20 Å². The highest BCUT2D eigenvalue weighted by molar-refractivity contribution is 5.97. The zero-order valence-corrected chi connectivity index (χ0v) is 26.4. The van der Waals surface area contributed by atoms with Gasteiger partial charge in [-0.3, -0.25) is 18.8 Å². The molecular formula is C37H33N7O3. The third-order valence-electron chi connectivity index (χ3n) is 7.46. The first-order chi connectivity index (χ1) is 22.7. The van der Waals surface area contributed by atoms with Crippen molar-refractivity contribution in [3.05, 3.63) is 130 Å². The first-order valence-electron chi connectivity index (χ1n) is 15.1. The number of aromatic nitrogens is 5. The zero-order chi connectivity index (χ0) is 33.1. The normalized spacial score (nSPS) is 11.6. The van der Waals surface area contributed by atoms with Crippen molar-refractivity contribution in [2.75, 3.05) is 5.73 Å². The molecule has 234 valence electrons. The van der Waals surface area contributed by atoms with E-state index in [0.29, 0.717) is 33.4 Å². The molecule has 6 rings (SSSR count). The lowest BCUT2D eigenvalue weighted by atomic mass is 10.0. The summed E-state index contributed by atoms with van der Waals surface area (Å²) in [4.78, 5) is 36.8. The van der Waals surface area contributed by atoms with E-state index in [9.17, 15) is 9.59 Å². The number of rotatable bonds is 7. The summed E-state index contributed by atoms with van der Waals surface area (Å²) in [7, 11) is 1.82. The van der Waals surface area contributed by atoms with Gasteiger partial charge in [0.1, 0.15) is 5.75 Å². The second-order valence-corrected chi connectivity index (χ2v) is 11.3. The minimum absolute atomic E-state index is 0.00555. The van der Waals surface area contributed by atoms with E-state index < -0.39 is 11.9 Å². The number of nitrogens with zero attached hydrogens (tertiary/aromatic N) is 5. The number of carbonyl (C=O) groups is 1. The Kier molecular flexibility index (Phi) is 8.54. The molecule has 3 heterocycles. The maximum Gasteiger partial charge on any atom is 0.274 e. The first kappa shape index (κ1) is 30.8. The van der Waals surface area contributed by atoms with Gasteiger partial charge in [-0.05, 0) is 74.7 Å². The smallest absolute Gasteiger partial charge is 0.274 e. The van der Waals surface area contributed by atoms with Gasteiger partial charge < -0.3 is 15.8 Å². The number of hydrogen-bond donors (Lipinski definition) is 2. The minimum Gasteiger partial charge on any atom is -0.491 e. The van der Waals surface area contributed by atoms with Crippen molar-refractivity contribution in [3.8, 4) is 34.5 Å². The van der Waals surface area contributed by atoms with Crippen molar-refractivity contribution in [3.63, 3.8) is 0 Å². The van der Waals surface area contributed by atoms with Gasteiger partial charge in [-0.2, -0.15) is 5.10 Å². The predicted molar refractivity (Wildman–Crippen MR) is 182 cm³/mol. The third kappa shape index (κ3) is 6.60. The first-order valence-corrected chi connectivity index (χ1v) is 15.1. The Morgan fingerprint density at radius 3 is 2.43 bits per heavy atom. The van der Waals surface area contributed by atoms with E-state index in [4.69, 9.17) is 10.5 Å². The molecule has 0 aliphatic rings. The second-order valence-electron chi connectivity index (χ2n) is 11.3. The SMILES string of the molecule is CC(C)Oc1ccc(-c2cnc(N)c(C(=O)N[C@@H](C)c3cc4cccc(C#Cc5cnn(C)c5)c4c(=O)n3-c3ccccc3)n2)cc1. The Labute approximate surface area is 271 Å². The van der Waals surface area contributed by atoms with Crippen LogP contribution in [-0.4, -0.2) is 36.3 Å². The molecular weight excluding hydrogens is 590 g/mol. The number of benzene rings is 3. The van der Waals surface area contributed by atoms with Gasteiger partial charge in [-0.1, -0.05) is 42.2 Å². The van der Waals surface area contributed by atoms with Crippen LogP contribution in [0.15, 0.2) is 102 Å². The van der Waals surface area contributed by atoms with Crippen molar-refractivity contribution >= 4 is 22.5 Å². The minimum atomic E-state index is -0.623. The standard InChI is InChI=1S/C37H33N7O3/c1-23(2)47-30-17-15-26(16-18-30)31-21-39-35(38)34(42-31)36(45)41-24(3)32-19-28-10-8-9-27(14-13-25-20-40-43(4)22-25)33(28)37(46)44(32)29-11-6-5-7-12-29/h5-12,15-24H,1-4H3,(H2,38,39)(H,41,45)/t24-/m0/s1. The molecule has 10 heteroatoms. The number of aryl methyl sites for hydroxylation is 1. The number of hydrogen-bond acceptors (Lipinski definition) is 7. The van der Waals surface area contributed by atoms with Crippen LogP contribution in [0.4, 0.5) is 5.82 Å². The maximum atomic E-state index is 14.3. The van der Waals surface area contributed by atoms with Crippen LogP contribution in [0.25, 0.3) is 27.7 Å². The van der Waals surface area contributed by atoms with Crippen molar-refractivity contribution in [2.45, 2.75) is 32.9 Å². The van der Waals surface area contributed by atoms with Crippen LogP contribution in [0.2, 0.25) is 0 Å². The number of amides is 1. The molecule has 0 bridgehead atoms. The molecule has 0 radical (unpaired) electrons. The maximum absolute atomic E-state index is 14.3. The average Bonchev–Trinajstić information content (AvgIpc) is 3.49. The lowest BCUT2D eigenvalue weighted by Gasteiger charge is -2.21. The van der Waals surface area contributed by atoms with Crippen LogP contribution < -0.4 is 21.3 Å². The zero-order valence-electron chi connectivity index (χ0n) is 26.4. The number of ether oxygens (including phenoxy) is 1. The summed E-state index contributed by atoms with van der Waals surface area (Å²) < 4.78 is 9.01. The number of anilines is 1. The van der Waals surface area contributed by atoms with Crippen LogP contribution in [0.3, 0.4) is 0 Å². The van der Waals surface area contributed by atoms with Crippen LogP contribution in [-0.2, 0) is 7.05 Å². The van der Waals surface area contributed by atoms with E-state index in [1.54, 1.807) is 15.4 Å². The molecule has 3 N–H and O–H groups in total. The van der Waals surface area contributed by atoms with Crippen molar-refractivity contribution in [2.24, 2.45) is 7.05 Å². The lowest BCUT2D eigenvalue weighted by molar-refractivity contribution is 0.0934. The molecule has 3 aromatic heterocycles. The number of nitrogens with one attached hydrogen (secondary N) is 1. The molecule has 0 aliphatic carbocycles. The fourth-order valence-electron chi connectivity index (χ4n) is 5.29. The number of para-hydroxylation sites is 1. The number of nitrogens with two attached hydrogens (primary N) is 1. The summed E-state index contributed by atoms with van der Waals surface area (Å²) in [5.41, 5.74) is 9.66. The summed E-state index contributed by atoms with van der Waals surface area (Å²) in [6.07, 6.45) is 5.06. The van der Waals surface area contributed by atoms with Crippen molar-refractivity contribution in [1.29, 1.82) is 0 Å². The van der Waals surface area contributed by atoms with Gasteiger partial charge in [0.25, 0.3) is 11.5 Å². The van der Waals surface area contributed by atoms with Crippen molar-refractivity contribution in [1.82, 2.24) is 29.6 Å².